The molecular formula is C25H42OSi. The number of allylic oxidation sites excluding steroid dienone is 2. The summed E-state index contributed by atoms with van der Waals surface area (Å²) in [6.07, 6.45) is 5.50. The molecule has 152 valence electrons. The number of hydrogen-bond acceptors (Lipinski definition) is 1. The van der Waals surface area contributed by atoms with Gasteiger partial charge in [0, 0.05) is 6.42 Å². The molecule has 3 atom stereocenters. The van der Waals surface area contributed by atoms with Gasteiger partial charge in [-0.05, 0) is 61.2 Å². The van der Waals surface area contributed by atoms with Crippen LogP contribution in [0.1, 0.15) is 81.6 Å². The molecule has 1 aliphatic rings. The fourth-order valence-corrected chi connectivity index (χ4v) is 10.9. The minimum atomic E-state index is -1.95. The van der Waals surface area contributed by atoms with Crippen LogP contribution < -0.4 is 0 Å². The predicted octanol–water partition coefficient (Wildman–Crippen LogP) is 7.66. The SMILES string of the molecule is C=C=CC(O[Si](C(C)C)(C(C)C)C(C)C)C(C)C1CCC(C)=C1CC#CC. The summed E-state index contributed by atoms with van der Waals surface area (Å²) in [6.45, 7) is 24.6. The van der Waals surface area contributed by atoms with Crippen LogP contribution >= 0.6 is 0 Å². The van der Waals surface area contributed by atoms with Crippen molar-refractivity contribution < 1.29 is 4.43 Å². The van der Waals surface area contributed by atoms with Crippen molar-refractivity contribution in [2.24, 2.45) is 11.8 Å². The molecule has 0 heterocycles. The lowest BCUT2D eigenvalue weighted by atomic mass is 9.83. The van der Waals surface area contributed by atoms with Crippen LogP contribution in [0.3, 0.4) is 0 Å². The van der Waals surface area contributed by atoms with Gasteiger partial charge in [0.2, 0.25) is 8.32 Å². The lowest BCUT2D eigenvalue weighted by Crippen LogP contribution is -2.51. The maximum atomic E-state index is 7.15. The maximum absolute atomic E-state index is 7.15. The molecule has 3 unspecified atom stereocenters. The van der Waals surface area contributed by atoms with Gasteiger partial charge in [-0.2, -0.15) is 0 Å². The van der Waals surface area contributed by atoms with E-state index in [0.29, 0.717) is 28.5 Å². The quantitative estimate of drug-likeness (QED) is 0.171. The van der Waals surface area contributed by atoms with E-state index in [1.54, 1.807) is 5.57 Å². The van der Waals surface area contributed by atoms with Crippen LogP contribution in [0.15, 0.2) is 29.5 Å². The Bertz CT molecular complexity index is 601. The van der Waals surface area contributed by atoms with Gasteiger partial charge in [-0.15, -0.1) is 11.7 Å². The van der Waals surface area contributed by atoms with Gasteiger partial charge < -0.3 is 4.43 Å². The smallest absolute Gasteiger partial charge is 0.201 e. The van der Waals surface area contributed by atoms with Crippen molar-refractivity contribution in [2.45, 2.75) is 104 Å². The Morgan fingerprint density at radius 3 is 2.11 bits per heavy atom. The zero-order chi connectivity index (χ0) is 20.8. The van der Waals surface area contributed by atoms with E-state index in [4.69, 9.17) is 4.43 Å². The summed E-state index contributed by atoms with van der Waals surface area (Å²) in [6, 6.07) is 0. The Balaban J connectivity index is 3.23. The van der Waals surface area contributed by atoms with Crippen molar-refractivity contribution in [3.63, 3.8) is 0 Å². The summed E-state index contributed by atoms with van der Waals surface area (Å²) in [5.41, 5.74) is 7.89. The summed E-state index contributed by atoms with van der Waals surface area (Å²) < 4.78 is 7.15. The van der Waals surface area contributed by atoms with Crippen LogP contribution in [0.5, 0.6) is 0 Å². The molecule has 1 nitrogen and oxygen atoms in total. The Kier molecular flexibility index (Phi) is 9.36. The molecular weight excluding hydrogens is 344 g/mol. The molecule has 0 fully saturated rings. The van der Waals surface area contributed by atoms with Gasteiger partial charge in [0.25, 0.3) is 0 Å². The highest BCUT2D eigenvalue weighted by molar-refractivity contribution is 6.77. The molecule has 1 aliphatic carbocycles. The van der Waals surface area contributed by atoms with Crippen LogP contribution in [0.4, 0.5) is 0 Å². The molecule has 0 saturated heterocycles. The first kappa shape index (κ1) is 24.0. The maximum Gasteiger partial charge on any atom is 0.201 e. The molecule has 0 N–H and O–H groups in total. The molecule has 0 spiro atoms. The normalized spacial score (nSPS) is 19.9. The van der Waals surface area contributed by atoms with E-state index in [1.165, 1.54) is 18.4 Å². The molecule has 0 aromatic rings. The molecule has 0 aromatic carbocycles. The minimum absolute atomic E-state index is 0.0850. The number of rotatable bonds is 9. The highest BCUT2D eigenvalue weighted by Gasteiger charge is 2.47. The van der Waals surface area contributed by atoms with Gasteiger partial charge in [-0.1, -0.05) is 72.1 Å². The van der Waals surface area contributed by atoms with Crippen molar-refractivity contribution in [1.29, 1.82) is 0 Å². The average Bonchev–Trinajstić information content (AvgIpc) is 2.95. The first-order valence-electron chi connectivity index (χ1n) is 10.7. The third-order valence-electron chi connectivity index (χ3n) is 6.76. The van der Waals surface area contributed by atoms with Crippen molar-refractivity contribution in [3.8, 4) is 11.8 Å². The number of hydrogen-bond donors (Lipinski definition) is 0. The van der Waals surface area contributed by atoms with Crippen LogP contribution in [0.25, 0.3) is 0 Å². The van der Waals surface area contributed by atoms with E-state index in [2.05, 4.69) is 85.6 Å². The summed E-state index contributed by atoms with van der Waals surface area (Å²) in [5.74, 6) is 7.35. The Hall–Kier alpha value is -1.00. The second kappa shape index (κ2) is 10.5. The topological polar surface area (TPSA) is 9.23 Å². The second-order valence-electron chi connectivity index (χ2n) is 9.18. The molecule has 0 bridgehead atoms. The Labute approximate surface area is 170 Å². The van der Waals surface area contributed by atoms with Crippen LogP contribution in [-0.2, 0) is 4.43 Å². The zero-order valence-electron chi connectivity index (χ0n) is 19.3. The standard InChI is InChI=1S/C25H42OSi/c1-11-13-15-23-21(9)16-17-24(23)22(10)25(14-12-2)26-27(18(3)4,19(5)6)20(7)8/h14,18-20,22,24-25H,2,15-17H2,1,3-10H3. The van der Waals surface area contributed by atoms with E-state index in [1.807, 2.05) is 6.92 Å². The van der Waals surface area contributed by atoms with E-state index in [9.17, 15) is 0 Å². The van der Waals surface area contributed by atoms with E-state index >= 15 is 0 Å². The van der Waals surface area contributed by atoms with E-state index in [-0.39, 0.29) is 6.10 Å². The highest BCUT2D eigenvalue weighted by atomic mass is 28.4. The fraction of sp³-hybridized carbons (Fsp3) is 0.720. The molecule has 0 amide bonds. The average molecular weight is 387 g/mol. The van der Waals surface area contributed by atoms with Gasteiger partial charge in [0.05, 0.1) is 6.10 Å². The summed E-state index contributed by atoms with van der Waals surface area (Å²) in [4.78, 5) is 0. The highest BCUT2D eigenvalue weighted by Crippen LogP contribution is 2.46. The molecule has 27 heavy (non-hydrogen) atoms. The van der Waals surface area contributed by atoms with Gasteiger partial charge in [0.1, 0.15) is 0 Å². The van der Waals surface area contributed by atoms with E-state index < -0.39 is 8.32 Å². The lowest BCUT2D eigenvalue weighted by molar-refractivity contribution is 0.134. The molecule has 0 saturated carbocycles. The summed E-state index contributed by atoms with van der Waals surface area (Å²) >= 11 is 0. The van der Waals surface area contributed by atoms with Crippen molar-refractivity contribution >= 4 is 8.32 Å². The summed E-state index contributed by atoms with van der Waals surface area (Å²) in [5, 5.41) is 0. The minimum Gasteiger partial charge on any atom is -0.409 e. The Morgan fingerprint density at radius 1 is 1.11 bits per heavy atom. The third kappa shape index (κ3) is 5.29. The van der Waals surface area contributed by atoms with Gasteiger partial charge in [0.15, 0.2) is 0 Å². The van der Waals surface area contributed by atoms with Gasteiger partial charge in [-0.25, -0.2) is 0 Å². The second-order valence-corrected chi connectivity index (χ2v) is 14.6. The molecule has 0 aliphatic heterocycles. The molecule has 2 heteroatoms. The third-order valence-corrected chi connectivity index (χ3v) is 12.9. The van der Waals surface area contributed by atoms with Crippen molar-refractivity contribution in [1.82, 2.24) is 0 Å². The molecule has 1 rings (SSSR count). The lowest BCUT2D eigenvalue weighted by Gasteiger charge is -2.46. The first-order chi connectivity index (χ1) is 12.6. The molecule has 0 radical (unpaired) electrons. The van der Waals surface area contributed by atoms with Gasteiger partial charge in [-0.3, -0.25) is 0 Å². The monoisotopic (exact) mass is 386 g/mol. The van der Waals surface area contributed by atoms with E-state index in [0.717, 1.165) is 6.42 Å². The van der Waals surface area contributed by atoms with Crippen molar-refractivity contribution in [3.05, 3.63) is 29.5 Å². The van der Waals surface area contributed by atoms with Crippen LogP contribution in [0.2, 0.25) is 16.6 Å². The largest absolute Gasteiger partial charge is 0.409 e. The summed E-state index contributed by atoms with van der Waals surface area (Å²) in [7, 11) is -1.95. The van der Waals surface area contributed by atoms with Crippen molar-refractivity contribution in [2.75, 3.05) is 0 Å². The predicted molar refractivity (Wildman–Crippen MR) is 122 cm³/mol. The molecule has 0 aromatic heterocycles. The van der Waals surface area contributed by atoms with Crippen LogP contribution in [0, 0.1) is 23.7 Å². The van der Waals surface area contributed by atoms with Crippen LogP contribution in [-0.4, -0.2) is 14.4 Å². The zero-order valence-corrected chi connectivity index (χ0v) is 20.3. The fourth-order valence-electron chi connectivity index (χ4n) is 5.35. The first-order valence-corrected chi connectivity index (χ1v) is 12.9. The van der Waals surface area contributed by atoms with Gasteiger partial charge >= 0.3 is 0 Å². The Morgan fingerprint density at radius 2 is 1.67 bits per heavy atom.